The normalized spacial score (nSPS) is 20.7. The number of hydrogen-bond donors (Lipinski definition) is 2. The number of carbonyl (C=O) groups is 1. The summed E-state index contributed by atoms with van der Waals surface area (Å²) in [5.41, 5.74) is 5.25. The summed E-state index contributed by atoms with van der Waals surface area (Å²) < 4.78 is 6.25. The summed E-state index contributed by atoms with van der Waals surface area (Å²) in [6.45, 7) is 1.82. The zero-order valence-electron chi connectivity index (χ0n) is 8.66. The molecule has 0 bridgehead atoms. The van der Waals surface area contributed by atoms with Crippen molar-refractivity contribution in [3.63, 3.8) is 0 Å². The van der Waals surface area contributed by atoms with E-state index in [1.54, 1.807) is 6.07 Å². The van der Waals surface area contributed by atoms with Gasteiger partial charge < -0.3 is 15.8 Å². The van der Waals surface area contributed by atoms with E-state index in [4.69, 9.17) is 22.1 Å². The molecule has 16 heavy (non-hydrogen) atoms. The van der Waals surface area contributed by atoms with Gasteiger partial charge in [-0.2, -0.15) is 0 Å². The van der Waals surface area contributed by atoms with Crippen molar-refractivity contribution < 1.29 is 9.53 Å². The molecule has 1 amide bonds. The lowest BCUT2D eigenvalue weighted by Crippen LogP contribution is -2.37. The molecule has 2 rings (SSSR count). The minimum atomic E-state index is -0.490. The van der Waals surface area contributed by atoms with Gasteiger partial charge in [-0.1, -0.05) is 11.6 Å². The summed E-state index contributed by atoms with van der Waals surface area (Å²) >= 11 is 7.00. The van der Waals surface area contributed by atoms with Gasteiger partial charge >= 0.3 is 0 Å². The molecule has 1 aromatic heterocycles. The lowest BCUT2D eigenvalue weighted by molar-refractivity contribution is 0.0995. The second kappa shape index (κ2) is 5.03. The maximum Gasteiger partial charge on any atom is 0.262 e. The summed E-state index contributed by atoms with van der Waals surface area (Å²) in [5, 5.41) is 3.24. The van der Waals surface area contributed by atoms with Crippen LogP contribution in [-0.2, 0) is 0 Å². The molecule has 1 unspecified atom stereocenters. The van der Waals surface area contributed by atoms with Gasteiger partial charge in [-0.3, -0.25) is 4.79 Å². The number of piperidine rings is 1. The Morgan fingerprint density at radius 2 is 2.50 bits per heavy atom. The van der Waals surface area contributed by atoms with E-state index in [0.29, 0.717) is 15.0 Å². The van der Waals surface area contributed by atoms with E-state index in [0.717, 1.165) is 37.3 Å². The Labute approximate surface area is 103 Å². The van der Waals surface area contributed by atoms with E-state index >= 15 is 0 Å². The van der Waals surface area contributed by atoms with Crippen LogP contribution in [-0.4, -0.2) is 25.1 Å². The van der Waals surface area contributed by atoms with Crippen molar-refractivity contribution in [3.8, 4) is 5.75 Å². The Morgan fingerprint density at radius 1 is 1.69 bits per heavy atom. The summed E-state index contributed by atoms with van der Waals surface area (Å²) in [5.74, 6) is 0.0202. The van der Waals surface area contributed by atoms with Gasteiger partial charge in [0.25, 0.3) is 5.91 Å². The molecule has 1 aliphatic rings. The SMILES string of the molecule is NC(=O)c1sc(Cl)cc1OC1CCCNC1. The Balaban J connectivity index is 2.10. The molecule has 1 aliphatic heterocycles. The molecule has 0 radical (unpaired) electrons. The van der Waals surface area contributed by atoms with Gasteiger partial charge in [-0.05, 0) is 19.4 Å². The molecule has 1 fully saturated rings. The van der Waals surface area contributed by atoms with Crippen LogP contribution in [0.2, 0.25) is 4.34 Å². The first kappa shape index (κ1) is 11.7. The predicted octanol–water partition coefficient (Wildman–Crippen LogP) is 1.63. The maximum absolute atomic E-state index is 11.2. The number of rotatable bonds is 3. The van der Waals surface area contributed by atoms with Gasteiger partial charge in [0.2, 0.25) is 0 Å². The van der Waals surface area contributed by atoms with Crippen molar-refractivity contribution in [2.75, 3.05) is 13.1 Å². The van der Waals surface area contributed by atoms with Crippen LogP contribution in [0.25, 0.3) is 0 Å². The third kappa shape index (κ3) is 2.66. The largest absolute Gasteiger partial charge is 0.487 e. The number of amides is 1. The van der Waals surface area contributed by atoms with Crippen LogP contribution < -0.4 is 15.8 Å². The highest BCUT2D eigenvalue weighted by Crippen LogP contribution is 2.33. The number of thiophene rings is 1. The van der Waals surface area contributed by atoms with E-state index in [-0.39, 0.29) is 6.10 Å². The summed E-state index contributed by atoms with van der Waals surface area (Å²) in [7, 11) is 0. The van der Waals surface area contributed by atoms with Crippen molar-refractivity contribution in [2.45, 2.75) is 18.9 Å². The molecule has 1 atom stereocenters. The third-order valence-corrected chi connectivity index (χ3v) is 3.70. The van der Waals surface area contributed by atoms with Crippen LogP contribution in [0.15, 0.2) is 6.07 Å². The van der Waals surface area contributed by atoms with Crippen molar-refractivity contribution in [2.24, 2.45) is 5.73 Å². The lowest BCUT2D eigenvalue weighted by atomic mass is 10.1. The number of hydrogen-bond acceptors (Lipinski definition) is 4. The topological polar surface area (TPSA) is 64.4 Å². The average Bonchev–Trinajstić information content (AvgIpc) is 2.61. The fraction of sp³-hybridized carbons (Fsp3) is 0.500. The highest BCUT2D eigenvalue weighted by molar-refractivity contribution is 7.18. The van der Waals surface area contributed by atoms with Crippen LogP contribution in [0.3, 0.4) is 0 Å². The summed E-state index contributed by atoms with van der Waals surface area (Å²) in [4.78, 5) is 11.6. The van der Waals surface area contributed by atoms with Gasteiger partial charge in [0.05, 0.1) is 4.34 Å². The standard InChI is InChI=1S/C10H13ClN2O2S/c11-8-4-7(9(16-8)10(12)14)15-6-2-1-3-13-5-6/h4,6,13H,1-3,5H2,(H2,12,14). The number of nitrogens with two attached hydrogens (primary N) is 1. The Morgan fingerprint density at radius 3 is 3.12 bits per heavy atom. The number of halogens is 1. The van der Waals surface area contributed by atoms with Crippen LogP contribution in [0.5, 0.6) is 5.75 Å². The molecule has 0 aliphatic carbocycles. The molecule has 1 saturated heterocycles. The molecular weight excluding hydrogens is 248 g/mol. The Kier molecular flexibility index (Phi) is 3.68. The van der Waals surface area contributed by atoms with E-state index in [1.807, 2.05) is 0 Å². The first-order valence-corrected chi connectivity index (χ1v) is 6.33. The fourth-order valence-electron chi connectivity index (χ4n) is 1.71. The van der Waals surface area contributed by atoms with E-state index in [9.17, 15) is 4.79 Å². The molecule has 1 aromatic rings. The van der Waals surface area contributed by atoms with Crippen LogP contribution in [0, 0.1) is 0 Å². The van der Waals surface area contributed by atoms with Gasteiger partial charge in [-0.25, -0.2) is 0 Å². The van der Waals surface area contributed by atoms with Gasteiger partial charge in [-0.15, -0.1) is 11.3 Å². The molecule has 0 spiro atoms. The quantitative estimate of drug-likeness (QED) is 0.868. The predicted molar refractivity (Wildman–Crippen MR) is 64.4 cm³/mol. The van der Waals surface area contributed by atoms with E-state index < -0.39 is 5.91 Å². The second-order valence-corrected chi connectivity index (χ2v) is 5.38. The maximum atomic E-state index is 11.2. The zero-order chi connectivity index (χ0) is 11.5. The van der Waals surface area contributed by atoms with Gasteiger partial charge in [0.15, 0.2) is 0 Å². The molecule has 4 nitrogen and oxygen atoms in total. The van der Waals surface area contributed by atoms with Crippen molar-refractivity contribution in [3.05, 3.63) is 15.3 Å². The number of carbonyl (C=O) groups excluding carboxylic acids is 1. The monoisotopic (exact) mass is 260 g/mol. The highest BCUT2D eigenvalue weighted by Gasteiger charge is 2.20. The Bertz CT molecular complexity index is 388. The van der Waals surface area contributed by atoms with Crippen molar-refractivity contribution in [1.29, 1.82) is 0 Å². The van der Waals surface area contributed by atoms with Gasteiger partial charge in [0.1, 0.15) is 16.7 Å². The number of primary amides is 1. The van der Waals surface area contributed by atoms with Crippen LogP contribution in [0.4, 0.5) is 0 Å². The lowest BCUT2D eigenvalue weighted by Gasteiger charge is -2.23. The first-order valence-electron chi connectivity index (χ1n) is 5.13. The van der Waals surface area contributed by atoms with E-state index in [2.05, 4.69) is 5.32 Å². The van der Waals surface area contributed by atoms with Crippen LogP contribution >= 0.6 is 22.9 Å². The smallest absolute Gasteiger partial charge is 0.262 e. The molecule has 6 heteroatoms. The van der Waals surface area contributed by atoms with Gasteiger partial charge in [0, 0.05) is 12.6 Å². The highest BCUT2D eigenvalue weighted by atomic mass is 35.5. The molecule has 0 saturated carbocycles. The molecule has 3 N–H and O–H groups in total. The molecule has 0 aromatic carbocycles. The summed E-state index contributed by atoms with van der Waals surface area (Å²) in [6.07, 6.45) is 2.16. The fourth-order valence-corrected chi connectivity index (χ4v) is 2.70. The van der Waals surface area contributed by atoms with Crippen molar-refractivity contribution in [1.82, 2.24) is 5.32 Å². The second-order valence-electron chi connectivity index (χ2n) is 3.69. The number of nitrogens with one attached hydrogen (secondary N) is 1. The molecule has 2 heterocycles. The molecular formula is C10H13ClN2O2S. The Hall–Kier alpha value is -0.780. The summed E-state index contributed by atoms with van der Waals surface area (Å²) in [6, 6.07) is 1.65. The van der Waals surface area contributed by atoms with Crippen molar-refractivity contribution >= 4 is 28.8 Å². The number of ether oxygens (including phenoxy) is 1. The van der Waals surface area contributed by atoms with E-state index in [1.165, 1.54) is 0 Å². The first-order chi connectivity index (χ1) is 7.66. The minimum absolute atomic E-state index is 0.0949. The third-order valence-electron chi connectivity index (χ3n) is 2.44. The average molecular weight is 261 g/mol. The minimum Gasteiger partial charge on any atom is -0.487 e. The zero-order valence-corrected chi connectivity index (χ0v) is 10.2. The van der Waals surface area contributed by atoms with Crippen LogP contribution in [0.1, 0.15) is 22.5 Å². The molecule has 88 valence electrons.